The lowest BCUT2D eigenvalue weighted by molar-refractivity contribution is 0.0793. The van der Waals surface area contributed by atoms with E-state index < -0.39 is 15.7 Å². The van der Waals surface area contributed by atoms with Crippen LogP contribution in [0.4, 0.5) is 5.69 Å². The van der Waals surface area contributed by atoms with Gasteiger partial charge in [-0.15, -0.1) is 0 Å². The van der Waals surface area contributed by atoms with Gasteiger partial charge in [0.2, 0.25) is 0 Å². The normalized spacial score (nSPS) is 14.2. The number of amides is 2. The number of anilines is 1. The summed E-state index contributed by atoms with van der Waals surface area (Å²) >= 11 is 0. The maximum absolute atomic E-state index is 13.2. The highest BCUT2D eigenvalue weighted by molar-refractivity contribution is 7.89. The van der Waals surface area contributed by atoms with E-state index in [0.29, 0.717) is 40.9 Å². The maximum atomic E-state index is 13.2. The van der Waals surface area contributed by atoms with Crippen molar-refractivity contribution in [3.63, 3.8) is 0 Å². The molecule has 1 N–H and O–H groups in total. The summed E-state index contributed by atoms with van der Waals surface area (Å²) in [5.41, 5.74) is 2.33. The molecule has 0 radical (unpaired) electrons. The summed E-state index contributed by atoms with van der Waals surface area (Å²) in [6, 6.07) is 12.2. The van der Waals surface area contributed by atoms with Gasteiger partial charge in [0, 0.05) is 30.3 Å². The molecule has 1 aliphatic heterocycles. The number of likely N-dealkylation sites (tertiary alicyclic amines) is 1. The van der Waals surface area contributed by atoms with E-state index in [2.05, 4.69) is 5.32 Å². The third-order valence-corrected chi connectivity index (χ3v) is 6.25. The molecule has 4 rings (SSSR count). The lowest BCUT2D eigenvalue weighted by Gasteiger charge is -2.19. The van der Waals surface area contributed by atoms with E-state index in [-0.39, 0.29) is 17.4 Å². The maximum Gasteiger partial charge on any atom is 0.291 e. The topological polar surface area (TPSA) is 96.7 Å². The van der Waals surface area contributed by atoms with Crippen molar-refractivity contribution in [3.8, 4) is 0 Å². The van der Waals surface area contributed by atoms with Crippen LogP contribution in [0.15, 0.2) is 46.9 Å². The van der Waals surface area contributed by atoms with Crippen LogP contribution in [0.2, 0.25) is 0 Å². The van der Waals surface area contributed by atoms with E-state index in [0.717, 1.165) is 24.7 Å². The van der Waals surface area contributed by atoms with Crippen LogP contribution in [-0.2, 0) is 15.6 Å². The van der Waals surface area contributed by atoms with Crippen LogP contribution in [0, 0.1) is 6.92 Å². The van der Waals surface area contributed by atoms with Crippen molar-refractivity contribution >= 4 is 38.3 Å². The van der Waals surface area contributed by atoms with Gasteiger partial charge in [0.1, 0.15) is 5.58 Å². The first-order chi connectivity index (χ1) is 14.7. The monoisotopic (exact) mass is 440 g/mol. The number of carbonyl (C=O) groups is 2. The van der Waals surface area contributed by atoms with Gasteiger partial charge < -0.3 is 14.6 Å². The third-order valence-electron chi connectivity index (χ3n) is 5.44. The molecule has 3 aromatic rings. The van der Waals surface area contributed by atoms with Gasteiger partial charge in [-0.1, -0.05) is 30.3 Å². The number of nitrogens with one attached hydrogen (secondary N) is 1. The van der Waals surface area contributed by atoms with Gasteiger partial charge in [-0.05, 0) is 37.5 Å². The Morgan fingerprint density at radius 2 is 1.77 bits per heavy atom. The van der Waals surface area contributed by atoms with Gasteiger partial charge >= 0.3 is 0 Å². The van der Waals surface area contributed by atoms with E-state index in [1.165, 1.54) is 0 Å². The summed E-state index contributed by atoms with van der Waals surface area (Å²) in [6.07, 6.45) is 3.05. The quantitative estimate of drug-likeness (QED) is 0.651. The summed E-state index contributed by atoms with van der Waals surface area (Å²) in [5.74, 6) is -1.09. The van der Waals surface area contributed by atoms with Gasteiger partial charge in [0.05, 0.1) is 17.0 Å². The molecule has 1 aliphatic rings. The first-order valence-corrected chi connectivity index (χ1v) is 12.2. The minimum atomic E-state index is -3.41. The molecule has 0 saturated carbocycles. The molecule has 1 fully saturated rings. The molecule has 2 amide bonds. The molecular weight excluding hydrogens is 416 g/mol. The molecule has 0 spiro atoms. The number of aryl methyl sites for hydroxylation is 1. The summed E-state index contributed by atoms with van der Waals surface area (Å²) in [6.45, 7) is 3.22. The molecule has 7 nitrogen and oxygen atoms in total. The van der Waals surface area contributed by atoms with Crippen molar-refractivity contribution < 1.29 is 22.4 Å². The second kappa shape index (κ2) is 8.19. The Hall–Kier alpha value is -3.13. The van der Waals surface area contributed by atoms with Crippen molar-refractivity contribution in [1.29, 1.82) is 0 Å². The molecule has 8 heteroatoms. The highest BCUT2D eigenvalue weighted by atomic mass is 32.2. The largest absolute Gasteiger partial charge is 0.451 e. The number of rotatable bonds is 5. The summed E-state index contributed by atoms with van der Waals surface area (Å²) in [5, 5.41) is 3.36. The van der Waals surface area contributed by atoms with Crippen LogP contribution in [0.1, 0.15) is 44.9 Å². The fourth-order valence-corrected chi connectivity index (χ4v) is 4.81. The Bertz CT molecular complexity index is 1270. The first-order valence-electron chi connectivity index (χ1n) is 10.1. The molecule has 1 saturated heterocycles. The number of carbonyl (C=O) groups excluding carboxylic acids is 2. The van der Waals surface area contributed by atoms with Crippen LogP contribution in [0.25, 0.3) is 11.0 Å². The second-order valence-corrected chi connectivity index (χ2v) is 10.1. The molecule has 162 valence electrons. The Labute approximate surface area is 181 Å². The molecule has 1 aromatic heterocycles. The Balaban J connectivity index is 1.73. The number of nitrogens with zero attached hydrogens (tertiary/aromatic N) is 1. The zero-order chi connectivity index (χ0) is 22.2. The standard InChI is InChI=1S/C23H24N2O5S/c1-15-8-7-10-18(20(15)23(27)25-12-5-6-13-25)24-22(26)21-17(14-31(2,28)29)16-9-3-4-11-19(16)30-21/h3-4,7-11H,5-6,12-14H2,1-2H3,(H,24,26). The number of para-hydroxylation sites is 1. The fraction of sp³-hybridized carbons (Fsp3) is 0.304. The highest BCUT2D eigenvalue weighted by Crippen LogP contribution is 2.30. The smallest absolute Gasteiger partial charge is 0.291 e. The molecule has 31 heavy (non-hydrogen) atoms. The summed E-state index contributed by atoms with van der Waals surface area (Å²) in [7, 11) is -3.41. The third kappa shape index (κ3) is 4.34. The Morgan fingerprint density at radius 1 is 1.06 bits per heavy atom. The van der Waals surface area contributed by atoms with Crippen molar-refractivity contribution in [2.75, 3.05) is 24.7 Å². The molecule has 0 aliphatic carbocycles. The number of fused-ring (bicyclic) bond motifs is 1. The van der Waals surface area contributed by atoms with E-state index >= 15 is 0 Å². The molecule has 0 bridgehead atoms. The number of hydrogen-bond donors (Lipinski definition) is 1. The van der Waals surface area contributed by atoms with Crippen molar-refractivity contribution in [2.24, 2.45) is 0 Å². The van der Waals surface area contributed by atoms with Crippen molar-refractivity contribution in [1.82, 2.24) is 4.90 Å². The summed E-state index contributed by atoms with van der Waals surface area (Å²) in [4.78, 5) is 28.0. The predicted octanol–water partition coefficient (Wildman–Crippen LogP) is 3.77. The van der Waals surface area contributed by atoms with Crippen molar-refractivity contribution in [2.45, 2.75) is 25.5 Å². The zero-order valence-corrected chi connectivity index (χ0v) is 18.3. The van der Waals surface area contributed by atoms with Crippen LogP contribution >= 0.6 is 0 Å². The number of furan rings is 1. The molecule has 0 unspecified atom stereocenters. The molecular formula is C23H24N2O5S. The fourth-order valence-electron chi connectivity index (χ4n) is 4.00. The highest BCUT2D eigenvalue weighted by Gasteiger charge is 2.27. The minimum Gasteiger partial charge on any atom is -0.451 e. The minimum absolute atomic E-state index is 0.0623. The Kier molecular flexibility index (Phi) is 5.58. The zero-order valence-electron chi connectivity index (χ0n) is 17.5. The van der Waals surface area contributed by atoms with E-state index in [1.54, 1.807) is 41.3 Å². The summed E-state index contributed by atoms with van der Waals surface area (Å²) < 4.78 is 29.7. The molecule has 0 atom stereocenters. The lowest BCUT2D eigenvalue weighted by Crippen LogP contribution is -2.29. The average molecular weight is 441 g/mol. The van der Waals surface area contributed by atoms with Gasteiger partial charge in [0.15, 0.2) is 15.6 Å². The second-order valence-electron chi connectivity index (χ2n) is 7.93. The SMILES string of the molecule is Cc1cccc(NC(=O)c2oc3ccccc3c2CS(C)(=O)=O)c1C(=O)N1CCCC1. The van der Waals surface area contributed by atoms with E-state index in [4.69, 9.17) is 4.42 Å². The number of hydrogen-bond acceptors (Lipinski definition) is 5. The van der Waals surface area contributed by atoms with Crippen LogP contribution < -0.4 is 5.32 Å². The van der Waals surface area contributed by atoms with E-state index in [1.807, 2.05) is 13.0 Å². The van der Waals surface area contributed by atoms with Gasteiger partial charge in [-0.25, -0.2) is 8.42 Å². The van der Waals surface area contributed by atoms with Gasteiger partial charge in [-0.2, -0.15) is 0 Å². The molecule has 2 heterocycles. The van der Waals surface area contributed by atoms with E-state index in [9.17, 15) is 18.0 Å². The molecule has 2 aromatic carbocycles. The number of sulfone groups is 1. The van der Waals surface area contributed by atoms with Crippen LogP contribution in [-0.4, -0.2) is 44.5 Å². The van der Waals surface area contributed by atoms with Crippen LogP contribution in [0.3, 0.4) is 0 Å². The van der Waals surface area contributed by atoms with Crippen molar-refractivity contribution in [3.05, 3.63) is 64.9 Å². The first kappa shape index (κ1) is 21.1. The van der Waals surface area contributed by atoms with Crippen LogP contribution in [0.5, 0.6) is 0 Å². The number of benzene rings is 2. The van der Waals surface area contributed by atoms with Gasteiger partial charge in [0.25, 0.3) is 11.8 Å². The lowest BCUT2D eigenvalue weighted by atomic mass is 10.0. The average Bonchev–Trinajstić information content (AvgIpc) is 3.35. The predicted molar refractivity (Wildman–Crippen MR) is 119 cm³/mol. The Morgan fingerprint density at radius 3 is 2.48 bits per heavy atom. The van der Waals surface area contributed by atoms with Gasteiger partial charge in [-0.3, -0.25) is 9.59 Å².